The summed E-state index contributed by atoms with van der Waals surface area (Å²) in [6.07, 6.45) is 4.86. The Bertz CT molecular complexity index is 662. The van der Waals surface area contributed by atoms with Gasteiger partial charge in [0.05, 0.1) is 18.9 Å². The van der Waals surface area contributed by atoms with Gasteiger partial charge in [-0.2, -0.15) is 0 Å². The molecule has 2 aromatic rings. The molecule has 6 nitrogen and oxygen atoms in total. The summed E-state index contributed by atoms with van der Waals surface area (Å²) in [7, 11) is 0. The molecule has 1 aliphatic rings. The molecule has 3 heterocycles. The number of hydrogen-bond donors (Lipinski definition) is 3. The lowest BCUT2D eigenvalue weighted by molar-refractivity contribution is 0.0710. The average Bonchev–Trinajstić information content (AvgIpc) is 3.40. The van der Waals surface area contributed by atoms with Gasteiger partial charge in [-0.1, -0.05) is 6.07 Å². The van der Waals surface area contributed by atoms with E-state index in [9.17, 15) is 5.11 Å². The summed E-state index contributed by atoms with van der Waals surface area (Å²) < 4.78 is 11.0. The molecule has 2 atom stereocenters. The van der Waals surface area contributed by atoms with Crippen molar-refractivity contribution in [2.24, 2.45) is 4.99 Å². The van der Waals surface area contributed by atoms with Crippen molar-refractivity contribution in [3.63, 3.8) is 0 Å². The lowest BCUT2D eigenvalue weighted by Crippen LogP contribution is -2.42. The maximum atomic E-state index is 10.7. The molecule has 2 unspecified atom stereocenters. The fourth-order valence-electron chi connectivity index (χ4n) is 2.85. The van der Waals surface area contributed by atoms with Crippen LogP contribution in [0.2, 0.25) is 0 Å². The van der Waals surface area contributed by atoms with Crippen molar-refractivity contribution in [3.05, 3.63) is 46.5 Å². The Morgan fingerprint density at radius 1 is 1.38 bits per heavy atom. The first-order valence-electron chi connectivity index (χ1n) is 9.06. The third kappa shape index (κ3) is 5.59. The first-order valence-corrected chi connectivity index (χ1v) is 9.94. The number of rotatable bonds is 8. The normalized spacial score (nSPS) is 20.1. The molecule has 7 heteroatoms. The molecule has 0 aliphatic carbocycles. The standard InChI is InChI=1S/C19H27N3O3S/c1-19(23,17-7-4-12-26-17)14-22-18(21-13-16-6-3-11-25-16)20-9-8-15-5-2-10-24-15/h2,4-5,7,10,12,16,23H,3,6,8-9,11,13-14H2,1H3,(H2,20,21,22). The predicted octanol–water partition coefficient (Wildman–Crippen LogP) is 2.51. The van der Waals surface area contributed by atoms with Crippen molar-refractivity contribution in [1.82, 2.24) is 10.6 Å². The number of furan rings is 1. The highest BCUT2D eigenvalue weighted by atomic mass is 32.1. The molecule has 142 valence electrons. The second kappa shape index (κ2) is 9.21. The van der Waals surface area contributed by atoms with Gasteiger partial charge >= 0.3 is 0 Å². The minimum atomic E-state index is -0.979. The van der Waals surface area contributed by atoms with Gasteiger partial charge in [0, 0.05) is 31.0 Å². The molecule has 3 N–H and O–H groups in total. The molecular formula is C19H27N3O3S. The van der Waals surface area contributed by atoms with Crippen molar-refractivity contribution >= 4 is 17.3 Å². The summed E-state index contributed by atoms with van der Waals surface area (Å²) in [5.74, 6) is 1.62. The van der Waals surface area contributed by atoms with E-state index in [1.54, 1.807) is 13.2 Å². The first kappa shape index (κ1) is 18.9. The highest BCUT2D eigenvalue weighted by Gasteiger charge is 2.24. The molecule has 0 spiro atoms. The predicted molar refractivity (Wildman–Crippen MR) is 104 cm³/mol. The fraction of sp³-hybridized carbons (Fsp3) is 0.526. The molecule has 0 saturated carbocycles. The number of aliphatic hydroxyl groups is 1. The van der Waals surface area contributed by atoms with E-state index in [1.165, 1.54) is 11.3 Å². The SMILES string of the molecule is CC(O)(CN=C(NCCc1ccco1)NCC1CCCO1)c1cccs1. The summed E-state index contributed by atoms with van der Waals surface area (Å²) in [6, 6.07) is 7.72. The Kier molecular flexibility index (Phi) is 6.71. The molecule has 0 amide bonds. The molecule has 0 aromatic carbocycles. The lowest BCUT2D eigenvalue weighted by Gasteiger charge is -2.21. The van der Waals surface area contributed by atoms with Gasteiger partial charge in [0.25, 0.3) is 0 Å². The van der Waals surface area contributed by atoms with Crippen LogP contribution in [-0.2, 0) is 16.8 Å². The Morgan fingerprint density at radius 3 is 3.00 bits per heavy atom. The zero-order valence-electron chi connectivity index (χ0n) is 15.1. The molecule has 0 radical (unpaired) electrons. The molecule has 1 aliphatic heterocycles. The van der Waals surface area contributed by atoms with Crippen LogP contribution in [0.4, 0.5) is 0 Å². The van der Waals surface area contributed by atoms with E-state index in [1.807, 2.05) is 29.6 Å². The van der Waals surface area contributed by atoms with E-state index in [-0.39, 0.29) is 12.6 Å². The number of nitrogens with one attached hydrogen (secondary N) is 2. The van der Waals surface area contributed by atoms with Crippen molar-refractivity contribution < 1.29 is 14.3 Å². The second-order valence-electron chi connectivity index (χ2n) is 6.69. The van der Waals surface area contributed by atoms with Crippen LogP contribution < -0.4 is 10.6 Å². The van der Waals surface area contributed by atoms with Crippen LogP contribution in [0.5, 0.6) is 0 Å². The van der Waals surface area contributed by atoms with Gasteiger partial charge in [-0.05, 0) is 43.3 Å². The number of hydrogen-bond acceptors (Lipinski definition) is 5. The maximum Gasteiger partial charge on any atom is 0.191 e. The number of aliphatic imine (C=N–C) groups is 1. The zero-order chi connectivity index (χ0) is 18.2. The molecule has 1 saturated heterocycles. The van der Waals surface area contributed by atoms with E-state index in [0.717, 1.165) is 36.5 Å². The largest absolute Gasteiger partial charge is 0.469 e. The summed E-state index contributed by atoms with van der Waals surface area (Å²) in [6.45, 7) is 4.33. The number of guanidine groups is 1. The van der Waals surface area contributed by atoms with E-state index in [0.29, 0.717) is 19.0 Å². The van der Waals surface area contributed by atoms with Gasteiger partial charge in [-0.15, -0.1) is 11.3 Å². The van der Waals surface area contributed by atoms with E-state index >= 15 is 0 Å². The number of ether oxygens (including phenoxy) is 1. The van der Waals surface area contributed by atoms with Crippen LogP contribution in [-0.4, -0.2) is 43.4 Å². The molecular weight excluding hydrogens is 350 g/mol. The minimum Gasteiger partial charge on any atom is -0.469 e. The molecule has 2 aromatic heterocycles. The number of thiophene rings is 1. The third-order valence-corrected chi connectivity index (χ3v) is 5.49. The summed E-state index contributed by atoms with van der Waals surface area (Å²) in [4.78, 5) is 5.51. The minimum absolute atomic E-state index is 0.227. The summed E-state index contributed by atoms with van der Waals surface area (Å²) in [5.41, 5.74) is -0.979. The molecule has 3 rings (SSSR count). The van der Waals surface area contributed by atoms with Crippen LogP contribution >= 0.6 is 11.3 Å². The highest BCUT2D eigenvalue weighted by Crippen LogP contribution is 2.25. The Morgan fingerprint density at radius 2 is 2.31 bits per heavy atom. The van der Waals surface area contributed by atoms with Gasteiger partial charge in [-0.25, -0.2) is 4.99 Å². The van der Waals surface area contributed by atoms with Gasteiger partial charge in [0.2, 0.25) is 0 Å². The van der Waals surface area contributed by atoms with Crippen molar-refractivity contribution in [2.45, 2.75) is 37.9 Å². The van der Waals surface area contributed by atoms with Crippen LogP contribution in [0.3, 0.4) is 0 Å². The van der Waals surface area contributed by atoms with Gasteiger partial charge in [-0.3, -0.25) is 0 Å². The first-order chi connectivity index (χ1) is 12.6. The van der Waals surface area contributed by atoms with Gasteiger partial charge < -0.3 is 24.9 Å². The third-order valence-electron chi connectivity index (χ3n) is 4.36. The van der Waals surface area contributed by atoms with Gasteiger partial charge in [0.15, 0.2) is 5.96 Å². The van der Waals surface area contributed by atoms with Gasteiger partial charge in [0.1, 0.15) is 11.4 Å². The zero-order valence-corrected chi connectivity index (χ0v) is 15.9. The van der Waals surface area contributed by atoms with Crippen LogP contribution in [0.15, 0.2) is 45.3 Å². The Balaban J connectivity index is 1.56. The van der Waals surface area contributed by atoms with Crippen LogP contribution in [0.1, 0.15) is 30.4 Å². The van der Waals surface area contributed by atoms with Crippen molar-refractivity contribution in [2.75, 3.05) is 26.2 Å². The highest BCUT2D eigenvalue weighted by molar-refractivity contribution is 7.10. The average molecular weight is 378 g/mol. The van der Waals surface area contributed by atoms with Crippen LogP contribution in [0.25, 0.3) is 0 Å². The van der Waals surface area contributed by atoms with Crippen LogP contribution in [0, 0.1) is 0 Å². The van der Waals surface area contributed by atoms with Crippen molar-refractivity contribution in [1.29, 1.82) is 0 Å². The molecule has 0 bridgehead atoms. The fourth-order valence-corrected chi connectivity index (χ4v) is 3.62. The molecule has 26 heavy (non-hydrogen) atoms. The van der Waals surface area contributed by atoms with E-state index < -0.39 is 5.60 Å². The summed E-state index contributed by atoms with van der Waals surface area (Å²) >= 11 is 1.54. The van der Waals surface area contributed by atoms with Crippen molar-refractivity contribution in [3.8, 4) is 0 Å². The van der Waals surface area contributed by atoms with E-state index in [4.69, 9.17) is 9.15 Å². The second-order valence-corrected chi connectivity index (χ2v) is 7.64. The smallest absolute Gasteiger partial charge is 0.191 e. The lowest BCUT2D eigenvalue weighted by atomic mass is 10.1. The Hall–Kier alpha value is -1.83. The topological polar surface area (TPSA) is 79.0 Å². The Labute approximate surface area is 158 Å². The maximum absolute atomic E-state index is 10.7. The summed E-state index contributed by atoms with van der Waals surface area (Å²) in [5, 5.41) is 19.3. The number of nitrogens with zero attached hydrogens (tertiary/aromatic N) is 1. The molecule has 1 fully saturated rings. The quantitative estimate of drug-likeness (QED) is 0.487. The monoisotopic (exact) mass is 377 g/mol. The van der Waals surface area contributed by atoms with E-state index in [2.05, 4.69) is 15.6 Å².